The van der Waals surface area contributed by atoms with Gasteiger partial charge >= 0.3 is 0 Å². The molecule has 4 nitrogen and oxygen atoms in total. The first-order valence-corrected chi connectivity index (χ1v) is 8.33. The summed E-state index contributed by atoms with van der Waals surface area (Å²) >= 11 is 0. The number of para-hydroxylation sites is 1. The van der Waals surface area contributed by atoms with Crippen molar-refractivity contribution in [2.24, 2.45) is 0 Å². The quantitative estimate of drug-likeness (QED) is 0.344. The molecule has 0 spiro atoms. The van der Waals surface area contributed by atoms with Crippen molar-refractivity contribution < 1.29 is 20.4 Å². The largest absolute Gasteiger partial charge is 0.394 e. The fourth-order valence-electron chi connectivity index (χ4n) is 2.07. The van der Waals surface area contributed by atoms with E-state index in [1.807, 2.05) is 18.2 Å². The standard InChI is InChI=1S/C15H24O2.C3H8O2/c1-2-3-4-5-6-7-8-11-14-12-9-10-13-15(14)17-16;1-3(5)2-4/h9-10,12-13,16H,2-8,11H2,1H3;3-5H,2H2,1H3. The molecule has 0 saturated carbocycles. The van der Waals surface area contributed by atoms with Crippen LogP contribution in [0.5, 0.6) is 5.75 Å². The second-order valence-electron chi connectivity index (χ2n) is 5.60. The van der Waals surface area contributed by atoms with Gasteiger partial charge in [0, 0.05) is 0 Å². The number of aliphatic hydroxyl groups excluding tert-OH is 2. The number of rotatable bonds is 10. The van der Waals surface area contributed by atoms with Gasteiger partial charge in [0.25, 0.3) is 0 Å². The van der Waals surface area contributed by atoms with E-state index >= 15 is 0 Å². The zero-order valence-electron chi connectivity index (χ0n) is 14.0. The van der Waals surface area contributed by atoms with Crippen LogP contribution in [-0.4, -0.2) is 28.2 Å². The third kappa shape index (κ3) is 11.5. The van der Waals surface area contributed by atoms with Crippen LogP contribution in [-0.2, 0) is 6.42 Å². The van der Waals surface area contributed by atoms with E-state index in [1.165, 1.54) is 51.9 Å². The van der Waals surface area contributed by atoms with Crippen molar-refractivity contribution in [3.05, 3.63) is 29.8 Å². The van der Waals surface area contributed by atoms with E-state index in [0.29, 0.717) is 5.75 Å². The molecule has 0 aliphatic rings. The molecule has 0 heterocycles. The normalized spacial score (nSPS) is 11.5. The van der Waals surface area contributed by atoms with Crippen molar-refractivity contribution in [1.29, 1.82) is 0 Å². The summed E-state index contributed by atoms with van der Waals surface area (Å²) in [7, 11) is 0. The topological polar surface area (TPSA) is 69.9 Å². The summed E-state index contributed by atoms with van der Waals surface area (Å²) in [6, 6.07) is 7.68. The van der Waals surface area contributed by atoms with Gasteiger partial charge in [-0.1, -0.05) is 63.6 Å². The third-order valence-electron chi connectivity index (χ3n) is 3.38. The Balaban J connectivity index is 0.000000763. The van der Waals surface area contributed by atoms with Gasteiger partial charge in [0.15, 0.2) is 5.75 Å². The van der Waals surface area contributed by atoms with Crippen LogP contribution >= 0.6 is 0 Å². The molecule has 1 atom stereocenters. The van der Waals surface area contributed by atoms with Crippen LogP contribution in [0.3, 0.4) is 0 Å². The van der Waals surface area contributed by atoms with Crippen molar-refractivity contribution in [3.63, 3.8) is 0 Å². The lowest BCUT2D eigenvalue weighted by atomic mass is 10.0. The molecule has 0 bridgehead atoms. The van der Waals surface area contributed by atoms with Crippen molar-refractivity contribution in [1.82, 2.24) is 0 Å². The summed E-state index contributed by atoms with van der Waals surface area (Å²) in [5.41, 5.74) is 1.10. The molecule has 1 unspecified atom stereocenters. The van der Waals surface area contributed by atoms with Gasteiger partial charge in [-0.3, -0.25) is 0 Å². The Kier molecular flexibility index (Phi) is 14.1. The van der Waals surface area contributed by atoms with Gasteiger partial charge in [-0.2, -0.15) is 0 Å². The highest BCUT2D eigenvalue weighted by Crippen LogP contribution is 2.20. The molecule has 1 aromatic carbocycles. The molecule has 0 aromatic heterocycles. The van der Waals surface area contributed by atoms with Crippen LogP contribution < -0.4 is 4.89 Å². The summed E-state index contributed by atoms with van der Waals surface area (Å²) in [6.45, 7) is 3.63. The molecule has 22 heavy (non-hydrogen) atoms. The summed E-state index contributed by atoms with van der Waals surface area (Å²) in [5.74, 6) is 0.596. The molecule has 0 saturated heterocycles. The number of hydrogen-bond donors (Lipinski definition) is 3. The highest BCUT2D eigenvalue weighted by atomic mass is 17.1. The Labute approximate surface area is 134 Å². The molecule has 0 radical (unpaired) electrons. The lowest BCUT2D eigenvalue weighted by Gasteiger charge is -2.05. The fraction of sp³-hybridized carbons (Fsp3) is 0.667. The fourth-order valence-corrected chi connectivity index (χ4v) is 2.07. The van der Waals surface area contributed by atoms with Gasteiger partial charge in [-0.05, 0) is 31.4 Å². The van der Waals surface area contributed by atoms with Crippen LogP contribution in [0, 0.1) is 0 Å². The number of unbranched alkanes of at least 4 members (excludes halogenated alkanes) is 6. The summed E-state index contributed by atoms with van der Waals surface area (Å²) in [4.78, 5) is 4.36. The first kappa shape index (κ1) is 20.9. The first-order chi connectivity index (χ1) is 10.7. The molecule has 1 rings (SSSR count). The minimum atomic E-state index is -0.560. The van der Waals surface area contributed by atoms with Gasteiger partial charge in [-0.25, -0.2) is 5.26 Å². The van der Waals surface area contributed by atoms with E-state index in [2.05, 4.69) is 11.8 Å². The average molecular weight is 312 g/mol. The Morgan fingerprint density at radius 1 is 1.00 bits per heavy atom. The maximum absolute atomic E-state index is 8.72. The Bertz CT molecular complexity index is 353. The minimum absolute atomic E-state index is 0.139. The van der Waals surface area contributed by atoms with E-state index in [-0.39, 0.29) is 6.61 Å². The van der Waals surface area contributed by atoms with E-state index in [9.17, 15) is 0 Å². The SMILES string of the molecule is CC(O)CO.CCCCCCCCCc1ccccc1OO. The molecular formula is C18H32O4. The van der Waals surface area contributed by atoms with Crippen molar-refractivity contribution >= 4 is 0 Å². The zero-order valence-corrected chi connectivity index (χ0v) is 14.0. The molecule has 128 valence electrons. The number of aliphatic hydroxyl groups is 2. The molecule has 0 fully saturated rings. The lowest BCUT2D eigenvalue weighted by Crippen LogP contribution is -2.03. The summed E-state index contributed by atoms with van der Waals surface area (Å²) < 4.78 is 0. The van der Waals surface area contributed by atoms with E-state index < -0.39 is 6.10 Å². The van der Waals surface area contributed by atoms with Crippen molar-refractivity contribution in [2.75, 3.05) is 6.61 Å². The molecule has 0 aliphatic carbocycles. The maximum atomic E-state index is 8.72. The van der Waals surface area contributed by atoms with E-state index in [0.717, 1.165) is 12.0 Å². The number of benzene rings is 1. The van der Waals surface area contributed by atoms with Crippen LogP contribution in [0.4, 0.5) is 0 Å². The van der Waals surface area contributed by atoms with Crippen molar-refractivity contribution in [2.45, 2.75) is 71.3 Å². The van der Waals surface area contributed by atoms with Gasteiger partial charge in [0.05, 0.1) is 12.7 Å². The third-order valence-corrected chi connectivity index (χ3v) is 3.38. The molecule has 3 N–H and O–H groups in total. The van der Waals surface area contributed by atoms with E-state index in [1.54, 1.807) is 6.07 Å². The number of aryl methyl sites for hydroxylation is 1. The van der Waals surface area contributed by atoms with Crippen LogP contribution in [0.1, 0.15) is 64.4 Å². The molecule has 0 aliphatic heterocycles. The van der Waals surface area contributed by atoms with Crippen molar-refractivity contribution in [3.8, 4) is 5.75 Å². The monoisotopic (exact) mass is 312 g/mol. The van der Waals surface area contributed by atoms with Gasteiger partial charge in [0.2, 0.25) is 0 Å². The van der Waals surface area contributed by atoms with E-state index in [4.69, 9.17) is 15.5 Å². The van der Waals surface area contributed by atoms with Gasteiger partial charge < -0.3 is 15.1 Å². The summed E-state index contributed by atoms with van der Waals surface area (Å²) in [5, 5.41) is 24.7. The molecule has 0 amide bonds. The Morgan fingerprint density at radius 2 is 1.55 bits per heavy atom. The number of hydrogen-bond acceptors (Lipinski definition) is 4. The lowest BCUT2D eigenvalue weighted by molar-refractivity contribution is -0.138. The average Bonchev–Trinajstić information content (AvgIpc) is 2.55. The second-order valence-corrected chi connectivity index (χ2v) is 5.60. The maximum Gasteiger partial charge on any atom is 0.168 e. The molecular weight excluding hydrogens is 280 g/mol. The predicted octanol–water partition coefficient (Wildman–Crippen LogP) is 4.19. The molecule has 4 heteroatoms. The minimum Gasteiger partial charge on any atom is -0.394 e. The highest BCUT2D eigenvalue weighted by Gasteiger charge is 2.02. The predicted molar refractivity (Wildman–Crippen MR) is 90.2 cm³/mol. The van der Waals surface area contributed by atoms with Gasteiger partial charge in [0.1, 0.15) is 0 Å². The first-order valence-electron chi connectivity index (χ1n) is 8.33. The second kappa shape index (κ2) is 14.8. The Hall–Kier alpha value is -1.10. The summed E-state index contributed by atoms with van der Waals surface area (Å²) in [6.07, 6.45) is 9.58. The highest BCUT2D eigenvalue weighted by molar-refractivity contribution is 5.32. The van der Waals surface area contributed by atoms with Crippen LogP contribution in [0.25, 0.3) is 0 Å². The van der Waals surface area contributed by atoms with Gasteiger partial charge in [-0.15, -0.1) is 0 Å². The molecule has 1 aromatic rings. The van der Waals surface area contributed by atoms with Crippen LogP contribution in [0.15, 0.2) is 24.3 Å². The smallest absolute Gasteiger partial charge is 0.168 e. The van der Waals surface area contributed by atoms with Crippen LogP contribution in [0.2, 0.25) is 0 Å². The zero-order chi connectivity index (χ0) is 16.6. The Morgan fingerprint density at radius 3 is 2.09 bits per heavy atom.